The maximum atomic E-state index is 12.0. The fourth-order valence-corrected chi connectivity index (χ4v) is 2.72. The van der Waals surface area contributed by atoms with Gasteiger partial charge in [-0.3, -0.25) is 4.79 Å². The zero-order valence-electron chi connectivity index (χ0n) is 13.6. The summed E-state index contributed by atoms with van der Waals surface area (Å²) in [6.45, 7) is 8.64. The minimum atomic E-state index is 0. The molecular weight excluding hydrogens is 300 g/mol. The number of hydrogen-bond donors (Lipinski definition) is 2. The summed E-state index contributed by atoms with van der Waals surface area (Å²) in [5.74, 6) is 1.44. The van der Waals surface area contributed by atoms with E-state index < -0.39 is 0 Å². The molecule has 2 N–H and O–H groups in total. The van der Waals surface area contributed by atoms with E-state index in [1.54, 1.807) is 0 Å². The Bertz CT molecular complexity index is 494. The molecule has 0 aromatic heterocycles. The molecule has 0 bridgehead atoms. The molecule has 1 amide bonds. The fourth-order valence-electron chi connectivity index (χ4n) is 2.72. The van der Waals surface area contributed by atoms with Crippen molar-refractivity contribution in [3.63, 3.8) is 0 Å². The minimum Gasteiger partial charge on any atom is -0.493 e. The predicted octanol–water partition coefficient (Wildman–Crippen LogP) is 2.61. The summed E-state index contributed by atoms with van der Waals surface area (Å²) in [6.07, 6.45) is 1.41. The van der Waals surface area contributed by atoms with Gasteiger partial charge in [0, 0.05) is 6.04 Å². The van der Waals surface area contributed by atoms with E-state index in [4.69, 9.17) is 4.74 Å². The smallest absolute Gasteiger partial charge is 0.223 e. The van der Waals surface area contributed by atoms with E-state index in [0.29, 0.717) is 25.0 Å². The number of aryl methyl sites for hydroxylation is 2. The Labute approximate surface area is 139 Å². The molecule has 0 saturated carbocycles. The van der Waals surface area contributed by atoms with Gasteiger partial charge < -0.3 is 15.4 Å². The lowest BCUT2D eigenvalue weighted by atomic mass is 9.95. The molecule has 4 nitrogen and oxygen atoms in total. The SMILES string of the molecule is Cc1ccc(OCCC(=O)NC2CCNCC2C)c(C)c1.Cl. The molecule has 1 aromatic carbocycles. The second-order valence-electron chi connectivity index (χ2n) is 6.01. The summed E-state index contributed by atoms with van der Waals surface area (Å²) in [5, 5.41) is 6.46. The Morgan fingerprint density at radius 2 is 2.18 bits per heavy atom. The third kappa shape index (κ3) is 5.50. The van der Waals surface area contributed by atoms with Crippen molar-refractivity contribution in [2.45, 2.75) is 39.7 Å². The topological polar surface area (TPSA) is 50.4 Å². The van der Waals surface area contributed by atoms with Crippen LogP contribution in [0.3, 0.4) is 0 Å². The number of nitrogens with one attached hydrogen (secondary N) is 2. The van der Waals surface area contributed by atoms with E-state index >= 15 is 0 Å². The summed E-state index contributed by atoms with van der Waals surface area (Å²) >= 11 is 0. The number of piperidine rings is 1. The van der Waals surface area contributed by atoms with Gasteiger partial charge in [-0.15, -0.1) is 12.4 Å². The van der Waals surface area contributed by atoms with E-state index in [1.165, 1.54) is 5.56 Å². The van der Waals surface area contributed by atoms with E-state index in [1.807, 2.05) is 19.1 Å². The molecule has 1 aromatic rings. The van der Waals surface area contributed by atoms with Gasteiger partial charge in [-0.2, -0.15) is 0 Å². The minimum absolute atomic E-state index is 0. The average Bonchev–Trinajstić information content (AvgIpc) is 2.44. The standard InChI is InChI=1S/C17H26N2O2.ClH/c1-12-4-5-16(13(2)10-12)21-9-7-17(20)19-15-6-8-18-11-14(15)3;/h4-5,10,14-15,18H,6-9,11H2,1-3H3,(H,19,20);1H. The lowest BCUT2D eigenvalue weighted by molar-refractivity contribution is -0.122. The lowest BCUT2D eigenvalue weighted by Crippen LogP contribution is -2.48. The van der Waals surface area contributed by atoms with Crippen molar-refractivity contribution in [2.75, 3.05) is 19.7 Å². The summed E-state index contributed by atoms with van der Waals surface area (Å²) in [7, 11) is 0. The van der Waals surface area contributed by atoms with Gasteiger partial charge in [0.05, 0.1) is 13.0 Å². The van der Waals surface area contributed by atoms with E-state index in [9.17, 15) is 4.79 Å². The van der Waals surface area contributed by atoms with Crippen molar-refractivity contribution in [1.29, 1.82) is 0 Å². The van der Waals surface area contributed by atoms with Crippen molar-refractivity contribution < 1.29 is 9.53 Å². The van der Waals surface area contributed by atoms with Crippen LogP contribution in [-0.4, -0.2) is 31.6 Å². The highest BCUT2D eigenvalue weighted by molar-refractivity contribution is 5.85. The van der Waals surface area contributed by atoms with Crippen LogP contribution in [-0.2, 0) is 4.79 Å². The summed E-state index contributed by atoms with van der Waals surface area (Å²) in [6, 6.07) is 6.38. The van der Waals surface area contributed by atoms with E-state index in [-0.39, 0.29) is 18.3 Å². The quantitative estimate of drug-likeness (QED) is 0.874. The molecule has 1 aliphatic rings. The summed E-state index contributed by atoms with van der Waals surface area (Å²) < 4.78 is 5.71. The number of amides is 1. The number of carbonyl (C=O) groups is 1. The van der Waals surface area contributed by atoms with Gasteiger partial charge in [0.2, 0.25) is 5.91 Å². The highest BCUT2D eigenvalue weighted by Crippen LogP contribution is 2.18. The van der Waals surface area contributed by atoms with E-state index in [2.05, 4.69) is 30.5 Å². The number of rotatable bonds is 5. The van der Waals surface area contributed by atoms with E-state index in [0.717, 1.165) is 30.8 Å². The van der Waals surface area contributed by atoms with Crippen LogP contribution in [0.25, 0.3) is 0 Å². The second-order valence-corrected chi connectivity index (χ2v) is 6.01. The molecule has 2 unspecified atom stereocenters. The van der Waals surface area contributed by atoms with Crippen LogP contribution >= 0.6 is 12.4 Å². The average molecular weight is 327 g/mol. The molecule has 1 saturated heterocycles. The largest absolute Gasteiger partial charge is 0.493 e. The first kappa shape index (κ1) is 18.8. The molecule has 1 aliphatic heterocycles. The van der Waals surface area contributed by atoms with Crippen molar-refractivity contribution in [3.8, 4) is 5.75 Å². The Morgan fingerprint density at radius 1 is 1.41 bits per heavy atom. The number of carbonyl (C=O) groups excluding carboxylic acids is 1. The summed E-state index contributed by atoms with van der Waals surface area (Å²) in [4.78, 5) is 12.0. The molecule has 1 fully saturated rings. The number of ether oxygens (including phenoxy) is 1. The van der Waals surface area contributed by atoms with Gasteiger partial charge in [-0.05, 0) is 50.9 Å². The van der Waals surface area contributed by atoms with Gasteiger partial charge in [0.1, 0.15) is 5.75 Å². The molecule has 0 radical (unpaired) electrons. The highest BCUT2D eigenvalue weighted by atomic mass is 35.5. The van der Waals surface area contributed by atoms with Crippen LogP contribution in [0.4, 0.5) is 0 Å². The molecule has 22 heavy (non-hydrogen) atoms. The molecule has 5 heteroatoms. The van der Waals surface area contributed by atoms with Crippen LogP contribution in [0.2, 0.25) is 0 Å². The van der Waals surface area contributed by atoms with Gasteiger partial charge in [-0.25, -0.2) is 0 Å². The van der Waals surface area contributed by atoms with Crippen molar-refractivity contribution in [2.24, 2.45) is 5.92 Å². The van der Waals surface area contributed by atoms with Crippen LogP contribution in [0, 0.1) is 19.8 Å². The molecular formula is C17H27ClN2O2. The molecule has 2 rings (SSSR count). The first-order valence-corrected chi connectivity index (χ1v) is 7.76. The predicted molar refractivity (Wildman–Crippen MR) is 91.9 cm³/mol. The molecule has 124 valence electrons. The van der Waals surface area contributed by atoms with Crippen molar-refractivity contribution >= 4 is 18.3 Å². The molecule has 1 heterocycles. The molecule has 0 aliphatic carbocycles. The number of benzene rings is 1. The van der Waals surface area contributed by atoms with Gasteiger partial charge in [0.25, 0.3) is 0 Å². The monoisotopic (exact) mass is 326 g/mol. The first-order valence-electron chi connectivity index (χ1n) is 7.76. The maximum absolute atomic E-state index is 12.0. The van der Waals surface area contributed by atoms with Crippen LogP contribution < -0.4 is 15.4 Å². The third-order valence-corrected chi connectivity index (χ3v) is 4.05. The normalized spacial score (nSPS) is 20.9. The number of hydrogen-bond acceptors (Lipinski definition) is 3. The van der Waals surface area contributed by atoms with Gasteiger partial charge >= 0.3 is 0 Å². The van der Waals surface area contributed by atoms with Crippen LogP contribution in [0.1, 0.15) is 30.9 Å². The third-order valence-electron chi connectivity index (χ3n) is 4.05. The first-order chi connectivity index (χ1) is 10.1. The Hall–Kier alpha value is -1.26. The lowest BCUT2D eigenvalue weighted by Gasteiger charge is -2.30. The Morgan fingerprint density at radius 3 is 2.86 bits per heavy atom. The van der Waals surface area contributed by atoms with Gasteiger partial charge in [-0.1, -0.05) is 24.6 Å². The van der Waals surface area contributed by atoms with Crippen molar-refractivity contribution in [3.05, 3.63) is 29.3 Å². The van der Waals surface area contributed by atoms with Gasteiger partial charge in [0.15, 0.2) is 0 Å². The summed E-state index contributed by atoms with van der Waals surface area (Å²) in [5.41, 5.74) is 2.33. The second kappa shape index (κ2) is 9.01. The zero-order valence-corrected chi connectivity index (χ0v) is 14.5. The molecule has 0 spiro atoms. The van der Waals surface area contributed by atoms with Crippen LogP contribution in [0.5, 0.6) is 5.75 Å². The van der Waals surface area contributed by atoms with Crippen LogP contribution in [0.15, 0.2) is 18.2 Å². The zero-order chi connectivity index (χ0) is 15.2. The maximum Gasteiger partial charge on any atom is 0.223 e. The fraction of sp³-hybridized carbons (Fsp3) is 0.588. The number of halogens is 1. The highest BCUT2D eigenvalue weighted by Gasteiger charge is 2.22. The molecule has 2 atom stereocenters. The Kier molecular flexibility index (Phi) is 7.69. The van der Waals surface area contributed by atoms with Crippen molar-refractivity contribution in [1.82, 2.24) is 10.6 Å². The Balaban J connectivity index is 0.00000242.